The minimum absolute atomic E-state index is 0.0120. The van der Waals surface area contributed by atoms with E-state index in [1.165, 1.54) is 31.4 Å². The Morgan fingerprint density at radius 1 is 1.24 bits per heavy atom. The van der Waals surface area contributed by atoms with Gasteiger partial charge in [0.05, 0.1) is 29.9 Å². The maximum absolute atomic E-state index is 13.2. The van der Waals surface area contributed by atoms with Gasteiger partial charge in [-0.3, -0.25) is 19.7 Å². The highest BCUT2D eigenvalue weighted by molar-refractivity contribution is 6.32. The zero-order valence-electron chi connectivity index (χ0n) is 15.1. The number of nitro groups is 1. The summed E-state index contributed by atoms with van der Waals surface area (Å²) in [5.74, 6) is -0.760. The van der Waals surface area contributed by atoms with Crippen molar-refractivity contribution in [3.63, 3.8) is 0 Å². The van der Waals surface area contributed by atoms with E-state index in [1.54, 1.807) is 18.2 Å². The Balaban J connectivity index is 1.64. The molecule has 2 aliphatic rings. The fourth-order valence-corrected chi connectivity index (χ4v) is 3.60. The quantitative estimate of drug-likeness (QED) is 0.431. The summed E-state index contributed by atoms with van der Waals surface area (Å²) in [6.07, 6.45) is -0.207. The van der Waals surface area contributed by atoms with Gasteiger partial charge >= 0.3 is 0 Å². The molecule has 1 saturated heterocycles. The molecule has 2 heterocycles. The van der Waals surface area contributed by atoms with Crippen LogP contribution in [0.4, 0.5) is 11.4 Å². The van der Waals surface area contributed by atoms with Gasteiger partial charge in [0.1, 0.15) is 5.75 Å². The zero-order chi connectivity index (χ0) is 20.8. The first-order valence-electron chi connectivity index (χ1n) is 8.55. The molecular weight excluding hydrogens is 402 g/mol. The highest BCUT2D eigenvalue weighted by Crippen LogP contribution is 2.42. The number of carbonyl (C=O) groups excluding carboxylic acids is 2. The van der Waals surface area contributed by atoms with E-state index in [9.17, 15) is 19.7 Å². The van der Waals surface area contributed by atoms with Crippen LogP contribution in [0.15, 0.2) is 47.6 Å². The highest BCUT2D eigenvalue weighted by atomic mass is 35.5. The first-order chi connectivity index (χ1) is 13.8. The molecule has 9 nitrogen and oxygen atoms in total. The van der Waals surface area contributed by atoms with Gasteiger partial charge < -0.3 is 9.57 Å². The van der Waals surface area contributed by atoms with Crippen LogP contribution in [0.1, 0.15) is 18.4 Å². The maximum Gasteiger partial charge on any atom is 0.281 e. The summed E-state index contributed by atoms with van der Waals surface area (Å²) in [7, 11) is 1.42. The lowest BCUT2D eigenvalue weighted by Crippen LogP contribution is -2.41. The number of hydrogen-bond acceptors (Lipinski definition) is 7. The summed E-state index contributed by atoms with van der Waals surface area (Å²) in [4.78, 5) is 42.8. The summed E-state index contributed by atoms with van der Waals surface area (Å²) in [6.45, 7) is 0. The molecule has 2 amide bonds. The third kappa shape index (κ3) is 3.09. The number of rotatable bonds is 4. The van der Waals surface area contributed by atoms with Crippen LogP contribution in [0.2, 0.25) is 5.02 Å². The number of carbonyl (C=O) groups is 2. The molecule has 0 saturated carbocycles. The lowest BCUT2D eigenvalue weighted by molar-refractivity contribution is -0.384. The zero-order valence-corrected chi connectivity index (χ0v) is 15.9. The van der Waals surface area contributed by atoms with Crippen molar-refractivity contribution < 1.29 is 24.1 Å². The maximum atomic E-state index is 13.2. The smallest absolute Gasteiger partial charge is 0.281 e. The SMILES string of the molecule is COc1ccc(Cl)cc1N1C(=O)C[C@@]2(CC(c3cccc([N+](=O)[O-])c3)=NO2)C1=O. The second-order valence-electron chi connectivity index (χ2n) is 6.64. The van der Waals surface area contributed by atoms with Crippen molar-refractivity contribution in [2.45, 2.75) is 18.4 Å². The van der Waals surface area contributed by atoms with Gasteiger partial charge in [-0.05, 0) is 18.2 Å². The standard InChI is InChI=1S/C19H14ClN3O6/c1-28-16-6-5-12(20)8-15(16)22-17(24)10-19(18(22)25)9-14(21-29-19)11-3-2-4-13(7-11)23(26)27/h2-8H,9-10H2,1H3/t19-/m0/s1. The fourth-order valence-electron chi connectivity index (χ4n) is 3.44. The molecule has 148 valence electrons. The largest absolute Gasteiger partial charge is 0.495 e. The normalized spacial score (nSPS) is 20.8. The van der Waals surface area contributed by atoms with Crippen molar-refractivity contribution >= 4 is 40.5 Å². The Bertz CT molecular complexity index is 1090. The predicted molar refractivity (Wildman–Crippen MR) is 103 cm³/mol. The molecule has 1 fully saturated rings. The number of nitro benzene ring substituents is 1. The molecule has 0 aromatic heterocycles. The number of amides is 2. The van der Waals surface area contributed by atoms with Crippen LogP contribution < -0.4 is 9.64 Å². The van der Waals surface area contributed by atoms with Crippen molar-refractivity contribution in [3.8, 4) is 5.75 Å². The van der Waals surface area contributed by atoms with Crippen molar-refractivity contribution in [2.75, 3.05) is 12.0 Å². The van der Waals surface area contributed by atoms with Gasteiger partial charge in [-0.2, -0.15) is 0 Å². The summed E-state index contributed by atoms with van der Waals surface area (Å²) in [5.41, 5.74) is -0.570. The summed E-state index contributed by atoms with van der Waals surface area (Å²) < 4.78 is 5.25. The van der Waals surface area contributed by atoms with Crippen molar-refractivity contribution in [2.24, 2.45) is 5.16 Å². The first kappa shape index (κ1) is 18.9. The summed E-state index contributed by atoms with van der Waals surface area (Å²) in [6, 6.07) is 10.5. The Hall–Kier alpha value is -3.46. The number of non-ortho nitro benzene ring substituents is 1. The number of halogens is 1. The van der Waals surface area contributed by atoms with Crippen LogP contribution in [-0.2, 0) is 14.4 Å². The molecule has 1 atom stereocenters. The Kier molecular flexibility index (Phi) is 4.46. The molecule has 29 heavy (non-hydrogen) atoms. The molecule has 10 heteroatoms. The number of hydrogen-bond donors (Lipinski definition) is 0. The van der Waals surface area contributed by atoms with Crippen LogP contribution in [-0.4, -0.2) is 35.2 Å². The van der Waals surface area contributed by atoms with Gasteiger partial charge in [0, 0.05) is 29.1 Å². The van der Waals surface area contributed by atoms with Crippen LogP contribution in [0.25, 0.3) is 0 Å². The average molecular weight is 416 g/mol. The van der Waals surface area contributed by atoms with E-state index in [1.807, 2.05) is 0 Å². The third-order valence-corrected chi connectivity index (χ3v) is 5.07. The fraction of sp³-hybridized carbons (Fsp3) is 0.211. The van der Waals surface area contributed by atoms with Gasteiger partial charge in [0.25, 0.3) is 11.6 Å². The van der Waals surface area contributed by atoms with Gasteiger partial charge in [-0.1, -0.05) is 28.9 Å². The molecule has 0 bridgehead atoms. The molecule has 2 aliphatic heterocycles. The first-order valence-corrected chi connectivity index (χ1v) is 8.93. The number of nitrogens with zero attached hydrogens (tertiary/aromatic N) is 3. The topological polar surface area (TPSA) is 111 Å². The monoisotopic (exact) mass is 415 g/mol. The Morgan fingerprint density at radius 2 is 2.03 bits per heavy atom. The lowest BCUT2D eigenvalue weighted by Gasteiger charge is -2.21. The predicted octanol–water partition coefficient (Wildman–Crippen LogP) is 3.08. The van der Waals surface area contributed by atoms with Crippen molar-refractivity contribution in [3.05, 3.63) is 63.2 Å². The number of imide groups is 1. The highest BCUT2D eigenvalue weighted by Gasteiger charge is 2.58. The van der Waals surface area contributed by atoms with Crippen LogP contribution in [0.3, 0.4) is 0 Å². The van der Waals surface area contributed by atoms with Gasteiger partial charge in [0.2, 0.25) is 11.5 Å². The Labute approximate surface area is 169 Å². The third-order valence-electron chi connectivity index (χ3n) is 4.83. The molecule has 0 radical (unpaired) electrons. The molecule has 0 aliphatic carbocycles. The lowest BCUT2D eigenvalue weighted by atomic mass is 9.92. The second kappa shape index (κ2) is 6.85. The van der Waals surface area contributed by atoms with E-state index in [-0.39, 0.29) is 24.2 Å². The minimum atomic E-state index is -1.50. The number of benzene rings is 2. The van der Waals surface area contributed by atoms with Gasteiger partial charge in [0.15, 0.2) is 0 Å². The number of anilines is 1. The number of oxime groups is 1. The molecule has 2 aromatic rings. The van der Waals surface area contributed by atoms with Gasteiger partial charge in [-0.25, -0.2) is 4.90 Å². The number of methoxy groups -OCH3 is 1. The average Bonchev–Trinajstić information content (AvgIpc) is 3.23. The van der Waals surface area contributed by atoms with Crippen LogP contribution >= 0.6 is 11.6 Å². The van der Waals surface area contributed by atoms with Crippen LogP contribution in [0, 0.1) is 10.1 Å². The molecule has 0 unspecified atom stereocenters. The molecule has 4 rings (SSSR count). The summed E-state index contributed by atoms with van der Waals surface area (Å²) in [5, 5.41) is 15.3. The van der Waals surface area contributed by atoms with E-state index in [2.05, 4.69) is 5.16 Å². The van der Waals surface area contributed by atoms with E-state index in [0.29, 0.717) is 22.0 Å². The van der Waals surface area contributed by atoms with E-state index in [0.717, 1.165) is 4.90 Å². The second-order valence-corrected chi connectivity index (χ2v) is 7.07. The molecule has 2 aromatic carbocycles. The number of ether oxygens (including phenoxy) is 1. The summed E-state index contributed by atoms with van der Waals surface area (Å²) >= 11 is 6.03. The van der Waals surface area contributed by atoms with E-state index < -0.39 is 22.3 Å². The minimum Gasteiger partial charge on any atom is -0.495 e. The molecular formula is C19H14ClN3O6. The van der Waals surface area contributed by atoms with Crippen LogP contribution in [0.5, 0.6) is 5.75 Å². The molecule has 0 N–H and O–H groups in total. The van der Waals surface area contributed by atoms with Crippen molar-refractivity contribution in [1.29, 1.82) is 0 Å². The molecule has 1 spiro atoms. The van der Waals surface area contributed by atoms with E-state index in [4.69, 9.17) is 21.2 Å². The van der Waals surface area contributed by atoms with E-state index >= 15 is 0 Å². The van der Waals surface area contributed by atoms with Gasteiger partial charge in [-0.15, -0.1) is 0 Å². The Morgan fingerprint density at radius 3 is 2.76 bits per heavy atom. The van der Waals surface area contributed by atoms with Crippen molar-refractivity contribution in [1.82, 2.24) is 0 Å².